The molecule has 1 aromatic carbocycles. The van der Waals surface area contributed by atoms with E-state index in [9.17, 15) is 4.79 Å². The van der Waals surface area contributed by atoms with Crippen LogP contribution in [0, 0.1) is 18.8 Å². The molecule has 2 heterocycles. The van der Waals surface area contributed by atoms with Gasteiger partial charge >= 0.3 is 6.09 Å². The van der Waals surface area contributed by atoms with Crippen molar-refractivity contribution >= 4 is 17.4 Å². The Labute approximate surface area is 145 Å². The van der Waals surface area contributed by atoms with Gasteiger partial charge in [0.2, 0.25) is 0 Å². The van der Waals surface area contributed by atoms with Crippen LogP contribution in [-0.4, -0.2) is 30.7 Å². The zero-order chi connectivity index (χ0) is 16.6. The molecule has 6 heteroatoms. The Morgan fingerprint density at radius 2 is 2.12 bits per heavy atom. The SMILES string of the molecule is Cc1nc(C2(CNC(=O)OCc3ccccc3)[C@@H]3CNC[C@@H]32)cs1. The van der Waals surface area contributed by atoms with Crippen LogP contribution < -0.4 is 10.6 Å². The first-order valence-corrected chi connectivity index (χ1v) is 9.16. The Balaban J connectivity index is 1.37. The normalized spacial score (nSPS) is 27.5. The van der Waals surface area contributed by atoms with Gasteiger partial charge < -0.3 is 15.4 Å². The van der Waals surface area contributed by atoms with Crippen molar-refractivity contribution < 1.29 is 9.53 Å². The van der Waals surface area contributed by atoms with Crippen molar-refractivity contribution in [2.75, 3.05) is 19.6 Å². The fourth-order valence-corrected chi connectivity index (χ4v) is 4.66. The average molecular weight is 343 g/mol. The van der Waals surface area contributed by atoms with Gasteiger partial charge in [-0.15, -0.1) is 11.3 Å². The summed E-state index contributed by atoms with van der Waals surface area (Å²) in [5.74, 6) is 1.13. The number of ether oxygens (including phenoxy) is 1. The van der Waals surface area contributed by atoms with Crippen LogP contribution in [0.4, 0.5) is 4.79 Å². The van der Waals surface area contributed by atoms with E-state index < -0.39 is 0 Å². The maximum Gasteiger partial charge on any atom is 0.407 e. The van der Waals surface area contributed by atoms with E-state index in [2.05, 4.69) is 16.0 Å². The number of rotatable bonds is 5. The topological polar surface area (TPSA) is 63.2 Å². The first-order chi connectivity index (χ1) is 11.7. The smallest absolute Gasteiger partial charge is 0.407 e. The van der Waals surface area contributed by atoms with Crippen LogP contribution in [-0.2, 0) is 16.8 Å². The Bertz CT molecular complexity index is 721. The highest BCUT2D eigenvalue weighted by Crippen LogP contribution is 2.61. The minimum Gasteiger partial charge on any atom is -0.445 e. The lowest BCUT2D eigenvalue weighted by Gasteiger charge is -2.20. The van der Waals surface area contributed by atoms with E-state index >= 15 is 0 Å². The maximum atomic E-state index is 12.1. The van der Waals surface area contributed by atoms with E-state index in [0.717, 1.165) is 29.4 Å². The Morgan fingerprint density at radius 3 is 2.79 bits per heavy atom. The van der Waals surface area contributed by atoms with Gasteiger partial charge in [0, 0.05) is 17.3 Å². The summed E-state index contributed by atoms with van der Waals surface area (Å²) in [4.78, 5) is 16.8. The second-order valence-corrected chi connectivity index (χ2v) is 7.64. The van der Waals surface area contributed by atoms with Crippen LogP contribution in [0.5, 0.6) is 0 Å². The van der Waals surface area contributed by atoms with Crippen molar-refractivity contribution in [3.8, 4) is 0 Å². The van der Waals surface area contributed by atoms with E-state index in [1.54, 1.807) is 11.3 Å². The van der Waals surface area contributed by atoms with Crippen LogP contribution in [0.1, 0.15) is 16.3 Å². The minimum atomic E-state index is -0.358. The molecule has 24 heavy (non-hydrogen) atoms. The molecule has 1 amide bonds. The molecule has 1 aliphatic carbocycles. The fourth-order valence-electron chi connectivity index (χ4n) is 3.95. The van der Waals surface area contributed by atoms with Crippen LogP contribution in [0.15, 0.2) is 35.7 Å². The molecular formula is C18H21N3O2S. The Kier molecular flexibility index (Phi) is 4.02. The fraction of sp³-hybridized carbons (Fsp3) is 0.444. The summed E-state index contributed by atoms with van der Waals surface area (Å²) in [5, 5.41) is 9.61. The minimum absolute atomic E-state index is 0.0121. The highest BCUT2D eigenvalue weighted by atomic mass is 32.1. The van der Waals surface area contributed by atoms with Gasteiger partial charge in [0.15, 0.2) is 0 Å². The number of aryl methyl sites for hydroxylation is 1. The van der Waals surface area contributed by atoms with Crippen LogP contribution >= 0.6 is 11.3 Å². The van der Waals surface area contributed by atoms with Crippen LogP contribution in [0.3, 0.4) is 0 Å². The summed E-state index contributed by atoms with van der Waals surface area (Å²) in [6.45, 7) is 4.93. The van der Waals surface area contributed by atoms with E-state index in [4.69, 9.17) is 9.72 Å². The highest BCUT2D eigenvalue weighted by molar-refractivity contribution is 7.09. The average Bonchev–Trinajstić information content (AvgIpc) is 2.99. The molecule has 1 aromatic heterocycles. The second-order valence-electron chi connectivity index (χ2n) is 6.58. The molecule has 4 rings (SSSR count). The van der Waals surface area contributed by atoms with Gasteiger partial charge in [0.1, 0.15) is 6.61 Å². The summed E-state index contributed by atoms with van der Waals surface area (Å²) < 4.78 is 5.33. The number of amides is 1. The molecule has 0 spiro atoms. The van der Waals surface area contributed by atoms with Gasteiger partial charge in [-0.2, -0.15) is 0 Å². The van der Waals surface area contributed by atoms with E-state index in [0.29, 0.717) is 25.0 Å². The maximum absolute atomic E-state index is 12.1. The molecule has 1 saturated heterocycles. The Morgan fingerprint density at radius 1 is 1.38 bits per heavy atom. The van der Waals surface area contributed by atoms with Crippen LogP contribution in [0.25, 0.3) is 0 Å². The van der Waals surface area contributed by atoms with Gasteiger partial charge in [0.05, 0.1) is 10.7 Å². The number of benzene rings is 1. The predicted molar refractivity (Wildman–Crippen MR) is 93.0 cm³/mol. The molecule has 3 atom stereocenters. The third-order valence-electron chi connectivity index (χ3n) is 5.26. The highest BCUT2D eigenvalue weighted by Gasteiger charge is 2.68. The largest absolute Gasteiger partial charge is 0.445 e. The number of carbonyl (C=O) groups excluding carboxylic acids is 1. The summed E-state index contributed by atoms with van der Waals surface area (Å²) in [6.07, 6.45) is -0.358. The number of alkyl carbamates (subject to hydrolysis) is 1. The third-order valence-corrected chi connectivity index (χ3v) is 6.04. The number of hydrogen-bond acceptors (Lipinski definition) is 5. The number of fused-ring (bicyclic) bond motifs is 1. The van der Waals surface area contributed by atoms with Gasteiger partial charge in [-0.05, 0) is 37.4 Å². The summed E-state index contributed by atoms with van der Waals surface area (Å²) in [6, 6.07) is 9.72. The number of thiazole rings is 1. The van der Waals surface area contributed by atoms with E-state index in [1.807, 2.05) is 37.3 Å². The number of nitrogens with one attached hydrogen (secondary N) is 2. The lowest BCUT2D eigenvalue weighted by Crippen LogP contribution is -2.38. The molecular weight excluding hydrogens is 322 g/mol. The zero-order valence-electron chi connectivity index (χ0n) is 13.6. The van der Waals surface area contributed by atoms with Crippen molar-refractivity contribution in [2.24, 2.45) is 11.8 Å². The molecule has 0 radical (unpaired) electrons. The molecule has 2 aliphatic rings. The molecule has 2 aromatic rings. The number of piperidine rings is 1. The van der Waals surface area contributed by atoms with E-state index in [1.165, 1.54) is 0 Å². The molecule has 0 bridgehead atoms. The lowest BCUT2D eigenvalue weighted by atomic mass is 9.96. The first kappa shape index (κ1) is 15.6. The molecule has 126 valence electrons. The molecule has 5 nitrogen and oxygen atoms in total. The van der Waals surface area contributed by atoms with Crippen LogP contribution in [0.2, 0.25) is 0 Å². The number of carbonyl (C=O) groups is 1. The van der Waals surface area contributed by atoms with Crippen molar-refractivity contribution in [3.63, 3.8) is 0 Å². The zero-order valence-corrected chi connectivity index (χ0v) is 14.4. The molecule has 2 fully saturated rings. The van der Waals surface area contributed by atoms with E-state index in [-0.39, 0.29) is 11.5 Å². The lowest BCUT2D eigenvalue weighted by molar-refractivity contribution is 0.138. The van der Waals surface area contributed by atoms with Gasteiger partial charge in [0.25, 0.3) is 0 Å². The summed E-state index contributed by atoms with van der Waals surface area (Å²) >= 11 is 1.68. The number of hydrogen-bond donors (Lipinski definition) is 2. The molecule has 2 N–H and O–H groups in total. The monoisotopic (exact) mass is 343 g/mol. The van der Waals surface area contributed by atoms with Gasteiger partial charge in [-0.3, -0.25) is 0 Å². The van der Waals surface area contributed by atoms with Crippen molar-refractivity contribution in [1.82, 2.24) is 15.6 Å². The molecule has 1 saturated carbocycles. The van der Waals surface area contributed by atoms with Crippen molar-refractivity contribution in [3.05, 3.63) is 52.0 Å². The summed E-state index contributed by atoms with van der Waals surface area (Å²) in [7, 11) is 0. The quantitative estimate of drug-likeness (QED) is 0.875. The summed E-state index contributed by atoms with van der Waals surface area (Å²) in [5.41, 5.74) is 2.11. The predicted octanol–water partition coefficient (Wildman–Crippen LogP) is 2.46. The van der Waals surface area contributed by atoms with Crippen molar-refractivity contribution in [2.45, 2.75) is 18.9 Å². The number of nitrogens with zero attached hydrogens (tertiary/aromatic N) is 1. The standard InChI is InChI=1S/C18H21N3O2S/c1-12-21-16(10-24-12)18(14-7-19-8-15(14)18)11-20-17(22)23-9-13-5-3-2-4-6-13/h2-6,10,14-15,19H,7-9,11H2,1H3,(H,20,22)/t14-,15+,18?. The number of aromatic nitrogens is 1. The van der Waals surface area contributed by atoms with Gasteiger partial charge in [-0.1, -0.05) is 30.3 Å². The third kappa shape index (κ3) is 2.70. The first-order valence-electron chi connectivity index (χ1n) is 8.28. The molecule has 1 aliphatic heterocycles. The van der Waals surface area contributed by atoms with Gasteiger partial charge in [-0.25, -0.2) is 9.78 Å². The molecule has 1 unspecified atom stereocenters. The van der Waals surface area contributed by atoms with Crippen molar-refractivity contribution in [1.29, 1.82) is 0 Å². The second kappa shape index (κ2) is 6.18. The Hall–Kier alpha value is -1.92.